The van der Waals surface area contributed by atoms with Gasteiger partial charge < -0.3 is 10.2 Å². The number of anilines is 1. The Morgan fingerprint density at radius 2 is 1.78 bits per heavy atom. The van der Waals surface area contributed by atoms with Gasteiger partial charge in [0, 0.05) is 28.2 Å². The fourth-order valence-corrected chi connectivity index (χ4v) is 3.49. The van der Waals surface area contributed by atoms with Crippen LogP contribution in [-0.2, 0) is 6.54 Å². The zero-order valence-electron chi connectivity index (χ0n) is 15.4. The molecule has 0 fully saturated rings. The van der Waals surface area contributed by atoms with E-state index in [4.69, 9.17) is 0 Å². The molecule has 1 aromatic heterocycles. The molecule has 2 amide bonds. The van der Waals surface area contributed by atoms with Crippen LogP contribution < -0.4 is 5.32 Å². The van der Waals surface area contributed by atoms with Crippen LogP contribution in [-0.4, -0.2) is 23.3 Å². The lowest BCUT2D eigenvalue weighted by atomic mass is 10.1. The van der Waals surface area contributed by atoms with Crippen LogP contribution in [0.4, 0.5) is 5.69 Å². The number of aryl methyl sites for hydroxylation is 1. The summed E-state index contributed by atoms with van der Waals surface area (Å²) in [7, 11) is 0. The molecule has 0 unspecified atom stereocenters. The minimum absolute atomic E-state index is 0.0406. The predicted molar refractivity (Wildman–Crippen MR) is 110 cm³/mol. The minimum atomic E-state index is -0.186. The summed E-state index contributed by atoms with van der Waals surface area (Å²) in [4.78, 5) is 28.3. The van der Waals surface area contributed by atoms with Gasteiger partial charge >= 0.3 is 0 Å². The van der Waals surface area contributed by atoms with Crippen molar-refractivity contribution >= 4 is 28.8 Å². The lowest BCUT2D eigenvalue weighted by molar-refractivity contribution is 0.0754. The van der Waals surface area contributed by atoms with Crippen LogP contribution in [0.3, 0.4) is 0 Å². The first-order valence-electron chi connectivity index (χ1n) is 8.87. The first-order chi connectivity index (χ1) is 13.1. The number of hydrogen-bond acceptors (Lipinski definition) is 3. The summed E-state index contributed by atoms with van der Waals surface area (Å²) in [5.41, 5.74) is 2.72. The Morgan fingerprint density at radius 1 is 1.00 bits per heavy atom. The summed E-state index contributed by atoms with van der Waals surface area (Å²) in [6.07, 6.45) is 0. The number of rotatable bonds is 6. The topological polar surface area (TPSA) is 49.4 Å². The number of benzene rings is 2. The second-order valence-corrected chi connectivity index (χ2v) is 7.28. The number of nitrogens with one attached hydrogen (secondary N) is 1. The van der Waals surface area contributed by atoms with Gasteiger partial charge in [-0.05, 0) is 55.1 Å². The largest absolute Gasteiger partial charge is 0.334 e. The number of thiophene rings is 1. The van der Waals surface area contributed by atoms with Crippen molar-refractivity contribution in [3.8, 4) is 0 Å². The number of amides is 2. The summed E-state index contributed by atoms with van der Waals surface area (Å²) in [5, 5.41) is 4.93. The predicted octanol–water partition coefficient (Wildman–Crippen LogP) is 4.97. The fraction of sp³-hybridized carbons (Fsp3) is 0.182. The third-order valence-electron chi connectivity index (χ3n) is 4.36. The van der Waals surface area contributed by atoms with E-state index in [-0.39, 0.29) is 11.8 Å². The number of hydrogen-bond donors (Lipinski definition) is 1. The molecule has 0 saturated carbocycles. The summed E-state index contributed by atoms with van der Waals surface area (Å²) >= 11 is 1.64. The Balaban J connectivity index is 1.79. The average Bonchev–Trinajstić information content (AvgIpc) is 3.21. The van der Waals surface area contributed by atoms with E-state index in [0.29, 0.717) is 29.9 Å². The van der Waals surface area contributed by atoms with Gasteiger partial charge in [0.25, 0.3) is 11.8 Å². The monoisotopic (exact) mass is 378 g/mol. The van der Waals surface area contributed by atoms with Crippen molar-refractivity contribution in [3.63, 3.8) is 0 Å². The lowest BCUT2D eigenvalue weighted by Gasteiger charge is -2.21. The third kappa shape index (κ3) is 4.63. The van der Waals surface area contributed by atoms with Crippen molar-refractivity contribution in [2.45, 2.75) is 20.4 Å². The third-order valence-corrected chi connectivity index (χ3v) is 5.23. The van der Waals surface area contributed by atoms with Crippen molar-refractivity contribution in [1.29, 1.82) is 0 Å². The summed E-state index contributed by atoms with van der Waals surface area (Å²) in [6, 6.07) is 18.5. The maximum absolute atomic E-state index is 12.9. The van der Waals surface area contributed by atoms with Crippen LogP contribution in [0.2, 0.25) is 0 Å². The molecule has 27 heavy (non-hydrogen) atoms. The highest BCUT2D eigenvalue weighted by molar-refractivity contribution is 7.09. The molecule has 0 bridgehead atoms. The molecular formula is C22H22N2O2S. The van der Waals surface area contributed by atoms with E-state index < -0.39 is 0 Å². The Bertz CT molecular complexity index is 921. The van der Waals surface area contributed by atoms with Gasteiger partial charge in [-0.1, -0.05) is 30.3 Å². The van der Waals surface area contributed by atoms with E-state index in [1.165, 1.54) is 0 Å². The summed E-state index contributed by atoms with van der Waals surface area (Å²) in [6.45, 7) is 5.10. The maximum Gasteiger partial charge on any atom is 0.255 e. The van der Waals surface area contributed by atoms with E-state index >= 15 is 0 Å². The summed E-state index contributed by atoms with van der Waals surface area (Å²) in [5.74, 6) is -0.227. The molecule has 0 aliphatic rings. The first kappa shape index (κ1) is 18.9. The highest BCUT2D eigenvalue weighted by Crippen LogP contribution is 2.21. The van der Waals surface area contributed by atoms with E-state index in [2.05, 4.69) is 5.32 Å². The van der Waals surface area contributed by atoms with Crippen LogP contribution in [0.5, 0.6) is 0 Å². The van der Waals surface area contributed by atoms with E-state index in [9.17, 15) is 9.59 Å². The SMILES string of the molecule is CCN(Cc1cccs1)C(=O)c1ccc(C)c(NC(=O)c2ccccc2)c1. The van der Waals surface area contributed by atoms with Crippen LogP contribution >= 0.6 is 11.3 Å². The van der Waals surface area contributed by atoms with Crippen molar-refractivity contribution in [2.24, 2.45) is 0 Å². The van der Waals surface area contributed by atoms with E-state index in [1.807, 2.05) is 61.7 Å². The van der Waals surface area contributed by atoms with Gasteiger partial charge in [-0.3, -0.25) is 9.59 Å². The fourth-order valence-electron chi connectivity index (χ4n) is 2.77. The standard InChI is InChI=1S/C22H22N2O2S/c1-3-24(15-19-10-7-13-27-19)22(26)18-12-11-16(2)20(14-18)23-21(25)17-8-5-4-6-9-17/h4-14H,3,15H2,1-2H3,(H,23,25). The Labute approximate surface area is 163 Å². The second-order valence-electron chi connectivity index (χ2n) is 6.25. The highest BCUT2D eigenvalue weighted by atomic mass is 32.1. The van der Waals surface area contributed by atoms with Gasteiger partial charge in [-0.15, -0.1) is 11.3 Å². The summed E-state index contributed by atoms with van der Waals surface area (Å²) < 4.78 is 0. The molecule has 0 aliphatic heterocycles. The number of carbonyl (C=O) groups excluding carboxylic acids is 2. The van der Waals surface area contributed by atoms with Crippen LogP contribution in [0, 0.1) is 6.92 Å². The van der Waals surface area contributed by atoms with Gasteiger partial charge in [0.2, 0.25) is 0 Å². The van der Waals surface area contributed by atoms with Crippen molar-refractivity contribution in [1.82, 2.24) is 4.90 Å². The zero-order chi connectivity index (χ0) is 19.2. The molecule has 5 heteroatoms. The molecule has 0 spiro atoms. The molecular weight excluding hydrogens is 356 g/mol. The van der Waals surface area contributed by atoms with Crippen LogP contribution in [0.1, 0.15) is 38.1 Å². The molecule has 1 N–H and O–H groups in total. The number of carbonyl (C=O) groups is 2. The molecule has 0 aliphatic carbocycles. The molecule has 4 nitrogen and oxygen atoms in total. The van der Waals surface area contributed by atoms with Gasteiger partial charge in [-0.2, -0.15) is 0 Å². The molecule has 2 aromatic carbocycles. The lowest BCUT2D eigenvalue weighted by Crippen LogP contribution is -2.30. The molecule has 0 radical (unpaired) electrons. The van der Waals surface area contributed by atoms with E-state index in [0.717, 1.165) is 10.4 Å². The Hall–Kier alpha value is -2.92. The van der Waals surface area contributed by atoms with E-state index in [1.54, 1.807) is 34.4 Å². The van der Waals surface area contributed by atoms with Crippen LogP contribution in [0.25, 0.3) is 0 Å². The Morgan fingerprint density at radius 3 is 2.44 bits per heavy atom. The molecule has 3 rings (SSSR count). The minimum Gasteiger partial charge on any atom is -0.334 e. The Kier molecular flexibility index (Phi) is 6.04. The van der Waals surface area contributed by atoms with Gasteiger partial charge in [0.1, 0.15) is 0 Å². The normalized spacial score (nSPS) is 10.4. The molecule has 138 valence electrons. The van der Waals surface area contributed by atoms with Crippen molar-refractivity contribution < 1.29 is 9.59 Å². The highest BCUT2D eigenvalue weighted by Gasteiger charge is 2.17. The average molecular weight is 378 g/mol. The van der Waals surface area contributed by atoms with Gasteiger partial charge in [-0.25, -0.2) is 0 Å². The van der Waals surface area contributed by atoms with Gasteiger partial charge in [0.15, 0.2) is 0 Å². The first-order valence-corrected chi connectivity index (χ1v) is 9.75. The zero-order valence-corrected chi connectivity index (χ0v) is 16.3. The quantitative estimate of drug-likeness (QED) is 0.658. The smallest absolute Gasteiger partial charge is 0.255 e. The molecule has 0 saturated heterocycles. The molecule has 1 heterocycles. The second kappa shape index (κ2) is 8.64. The van der Waals surface area contributed by atoms with Crippen molar-refractivity contribution in [2.75, 3.05) is 11.9 Å². The molecule has 0 atom stereocenters. The molecule has 3 aromatic rings. The van der Waals surface area contributed by atoms with Gasteiger partial charge in [0.05, 0.1) is 6.54 Å². The maximum atomic E-state index is 12.9. The van der Waals surface area contributed by atoms with Crippen LogP contribution in [0.15, 0.2) is 66.0 Å². The number of nitrogens with zero attached hydrogens (tertiary/aromatic N) is 1. The van der Waals surface area contributed by atoms with Crippen molar-refractivity contribution in [3.05, 3.63) is 87.6 Å².